The van der Waals surface area contributed by atoms with Crippen LogP contribution in [-0.4, -0.2) is 76.8 Å². The normalized spacial score (nSPS) is 20.6. The number of aliphatic hydroxyl groups is 2. The molecule has 0 unspecified atom stereocenters. The van der Waals surface area contributed by atoms with Gasteiger partial charge in [0.25, 0.3) is 0 Å². The molecule has 4 atom stereocenters. The molecule has 0 radical (unpaired) electrons. The highest BCUT2D eigenvalue weighted by molar-refractivity contribution is 6.76. The van der Waals surface area contributed by atoms with Gasteiger partial charge in [0.1, 0.15) is 0 Å². The Morgan fingerprint density at radius 3 is 1.23 bits per heavy atom. The fourth-order valence-corrected chi connectivity index (χ4v) is 10.00. The number of hydrogen-bond acceptors (Lipinski definition) is 6. The Morgan fingerprint density at radius 2 is 0.875 bits per heavy atom. The first kappa shape index (κ1) is 41.7. The lowest BCUT2D eigenvalue weighted by molar-refractivity contribution is -0.139. The third-order valence-corrected chi connectivity index (χ3v) is 14.7. The van der Waals surface area contributed by atoms with E-state index in [1.54, 1.807) is 9.80 Å². The maximum Gasteiger partial charge on any atom is 0.239 e. The van der Waals surface area contributed by atoms with Crippen molar-refractivity contribution in [2.24, 2.45) is 0 Å². The predicted molar refractivity (Wildman–Crippen MR) is 231 cm³/mol. The summed E-state index contributed by atoms with van der Waals surface area (Å²) >= 11 is 0. The van der Waals surface area contributed by atoms with E-state index in [2.05, 4.69) is 39.3 Å². The molecule has 56 heavy (non-hydrogen) atoms. The summed E-state index contributed by atoms with van der Waals surface area (Å²) in [7, 11) is -2.81. The fraction of sp³-hybridized carbons (Fsp3) is 0.435. The third-order valence-electron chi connectivity index (χ3n) is 11.3. The Kier molecular flexibility index (Phi) is 12.9. The summed E-state index contributed by atoms with van der Waals surface area (Å²) in [6.45, 7) is 15.3. The van der Waals surface area contributed by atoms with E-state index in [0.29, 0.717) is 35.7 Å². The van der Waals surface area contributed by atoms with Gasteiger partial charge in [-0.05, 0) is 59.3 Å². The second-order valence-corrected chi connectivity index (χ2v) is 29.3. The van der Waals surface area contributed by atoms with Crippen LogP contribution < -0.4 is 9.80 Å². The van der Waals surface area contributed by atoms with Crippen molar-refractivity contribution in [1.82, 2.24) is 0 Å². The number of carbonyl (C=O) groups excluding carboxylic acids is 2. The maximum absolute atomic E-state index is 16.0. The molecule has 0 saturated carbocycles. The van der Waals surface area contributed by atoms with Crippen LogP contribution >= 0.6 is 0 Å². The van der Waals surface area contributed by atoms with E-state index in [0.717, 1.165) is 23.2 Å². The molecule has 2 aliphatic rings. The van der Waals surface area contributed by atoms with E-state index < -0.39 is 39.2 Å². The molecule has 6 rings (SSSR count). The van der Waals surface area contributed by atoms with E-state index in [1.807, 2.05) is 109 Å². The highest BCUT2D eigenvalue weighted by Crippen LogP contribution is 2.62. The highest BCUT2D eigenvalue weighted by atomic mass is 28.3. The Labute approximate surface area is 335 Å². The molecule has 10 heteroatoms. The Bertz CT molecular complexity index is 1810. The number of carbonyl (C=O) groups is 2. The number of amides is 2. The van der Waals surface area contributed by atoms with Crippen LogP contribution in [0.4, 0.5) is 11.4 Å². The van der Waals surface area contributed by atoms with Gasteiger partial charge in [0.15, 0.2) is 0 Å². The number of aliphatic hydroxyl groups excluding tert-OH is 2. The minimum atomic E-state index is -1.61. The SMILES string of the molecule is C[Si](C)(C)CCOC[C@@H](O)C[C@]1([C@@]2(C[C@@H](O)COCC[Si](C)(C)C)C(=O)N(Cc3ccccc3)c3ccccc32)C(=O)N(Cc2ccccc2)c2ccccc21. The molecule has 0 spiro atoms. The molecule has 0 aliphatic carbocycles. The maximum atomic E-state index is 16.0. The van der Waals surface area contributed by atoms with E-state index in [1.165, 1.54) is 0 Å². The van der Waals surface area contributed by atoms with Gasteiger partial charge >= 0.3 is 0 Å². The minimum Gasteiger partial charge on any atom is -0.391 e. The van der Waals surface area contributed by atoms with Crippen LogP contribution in [0, 0.1) is 0 Å². The van der Waals surface area contributed by atoms with Crippen molar-refractivity contribution in [3.8, 4) is 0 Å². The van der Waals surface area contributed by atoms with Crippen molar-refractivity contribution in [1.29, 1.82) is 0 Å². The zero-order valence-corrected chi connectivity index (χ0v) is 36.0. The lowest BCUT2D eigenvalue weighted by Crippen LogP contribution is -2.62. The lowest BCUT2D eigenvalue weighted by atomic mass is 9.53. The molecule has 0 aromatic heterocycles. The van der Waals surface area contributed by atoms with Crippen LogP contribution in [0.25, 0.3) is 0 Å². The van der Waals surface area contributed by atoms with Crippen LogP contribution in [-0.2, 0) is 43.0 Å². The standard InChI is InChI=1S/C46H60N2O6Si2/c1-55(2,3)27-25-53-33-37(49)29-45(39-21-13-15-23-41(39)47(43(45)51)31-35-17-9-7-10-18-35)46(30-38(50)34-54-26-28-56(4,5)6)40-22-14-16-24-42(40)48(44(46)52)32-36-19-11-8-12-20-36/h7-24,37-38,49-50H,25-34H2,1-6H3/t37-,38+,45-,46-/m1/s1. The van der Waals surface area contributed by atoms with Gasteiger partial charge in [-0.2, -0.15) is 0 Å². The molecule has 4 aromatic carbocycles. The minimum absolute atomic E-state index is 0.0162. The lowest BCUT2D eigenvalue weighted by Gasteiger charge is -2.46. The number of anilines is 2. The summed E-state index contributed by atoms with van der Waals surface area (Å²) in [4.78, 5) is 35.5. The Balaban J connectivity index is 1.53. The molecular weight excluding hydrogens is 733 g/mol. The first-order valence-corrected chi connectivity index (χ1v) is 27.5. The van der Waals surface area contributed by atoms with E-state index >= 15 is 9.59 Å². The van der Waals surface area contributed by atoms with Gasteiger partial charge in [0.2, 0.25) is 11.8 Å². The molecular formula is C46H60N2O6Si2. The molecule has 2 heterocycles. The highest BCUT2D eigenvalue weighted by Gasteiger charge is 2.71. The fourth-order valence-electron chi connectivity index (χ4n) is 8.48. The summed E-state index contributed by atoms with van der Waals surface area (Å²) in [5, 5.41) is 24.2. The predicted octanol–water partition coefficient (Wildman–Crippen LogP) is 8.17. The van der Waals surface area contributed by atoms with Crippen molar-refractivity contribution in [2.45, 2.75) is 100 Å². The van der Waals surface area contributed by atoms with Crippen LogP contribution in [0.3, 0.4) is 0 Å². The first-order chi connectivity index (χ1) is 26.7. The van der Waals surface area contributed by atoms with Gasteiger partial charge in [-0.1, -0.05) is 136 Å². The monoisotopic (exact) mass is 792 g/mol. The van der Waals surface area contributed by atoms with Crippen molar-refractivity contribution in [3.05, 3.63) is 131 Å². The number of fused-ring (bicyclic) bond motifs is 2. The van der Waals surface area contributed by atoms with Gasteiger partial charge in [-0.15, -0.1) is 0 Å². The zero-order valence-electron chi connectivity index (χ0n) is 34.0. The second kappa shape index (κ2) is 17.3. The molecule has 2 N–H and O–H groups in total. The average molecular weight is 793 g/mol. The van der Waals surface area contributed by atoms with E-state index in [9.17, 15) is 10.2 Å². The number of para-hydroxylation sites is 2. The smallest absolute Gasteiger partial charge is 0.239 e. The van der Waals surface area contributed by atoms with Crippen molar-refractivity contribution >= 4 is 39.3 Å². The molecule has 4 aromatic rings. The summed E-state index contributed by atoms with van der Waals surface area (Å²) < 4.78 is 12.3. The number of hydrogen-bond donors (Lipinski definition) is 2. The van der Waals surface area contributed by atoms with Crippen LogP contribution in [0.15, 0.2) is 109 Å². The quantitative estimate of drug-likeness (QED) is 0.0735. The van der Waals surface area contributed by atoms with Crippen molar-refractivity contribution < 1.29 is 29.3 Å². The summed E-state index contributed by atoms with van der Waals surface area (Å²) in [5.41, 5.74) is 1.37. The topological polar surface area (TPSA) is 99.5 Å². The van der Waals surface area contributed by atoms with Gasteiger partial charge in [-0.25, -0.2) is 0 Å². The van der Waals surface area contributed by atoms with Gasteiger partial charge in [0.05, 0.1) is 49.3 Å². The van der Waals surface area contributed by atoms with Crippen LogP contribution in [0.5, 0.6) is 0 Å². The van der Waals surface area contributed by atoms with Gasteiger partial charge in [0, 0.05) is 40.7 Å². The van der Waals surface area contributed by atoms with E-state index in [4.69, 9.17) is 9.47 Å². The van der Waals surface area contributed by atoms with Crippen LogP contribution in [0.1, 0.15) is 35.1 Å². The summed E-state index contributed by atoms with van der Waals surface area (Å²) in [6, 6.07) is 36.9. The van der Waals surface area contributed by atoms with Crippen LogP contribution in [0.2, 0.25) is 51.4 Å². The summed E-state index contributed by atoms with van der Waals surface area (Å²) in [6.07, 6.45) is -2.33. The molecule has 298 valence electrons. The first-order valence-electron chi connectivity index (χ1n) is 20.1. The van der Waals surface area contributed by atoms with Crippen molar-refractivity contribution in [2.75, 3.05) is 36.2 Å². The third kappa shape index (κ3) is 8.81. The largest absolute Gasteiger partial charge is 0.391 e. The van der Waals surface area contributed by atoms with Gasteiger partial charge in [-0.3, -0.25) is 9.59 Å². The van der Waals surface area contributed by atoms with Gasteiger partial charge < -0.3 is 29.5 Å². The van der Waals surface area contributed by atoms with E-state index in [-0.39, 0.29) is 51.0 Å². The average Bonchev–Trinajstić information content (AvgIpc) is 3.53. The molecule has 2 amide bonds. The number of nitrogens with zero attached hydrogens (tertiary/aromatic N) is 2. The number of ether oxygens (including phenoxy) is 2. The zero-order chi connectivity index (χ0) is 40.1. The molecule has 0 fully saturated rings. The number of benzene rings is 4. The molecule has 0 bridgehead atoms. The molecule has 2 aliphatic heterocycles. The number of rotatable bonds is 19. The second-order valence-electron chi connectivity index (χ2n) is 18.1. The molecule has 0 saturated heterocycles. The summed E-state index contributed by atoms with van der Waals surface area (Å²) in [5.74, 6) is -0.555. The Morgan fingerprint density at radius 1 is 0.536 bits per heavy atom. The Hall–Kier alpha value is -3.91. The van der Waals surface area contributed by atoms with Crippen molar-refractivity contribution in [3.63, 3.8) is 0 Å². The molecule has 8 nitrogen and oxygen atoms in total.